The molecule has 1 aliphatic carbocycles. The highest BCUT2D eigenvalue weighted by molar-refractivity contribution is 4.81. The van der Waals surface area contributed by atoms with Crippen LogP contribution in [0.3, 0.4) is 0 Å². The number of hydrogen-bond donors (Lipinski definition) is 1. The predicted molar refractivity (Wildman–Crippen MR) is 81.6 cm³/mol. The highest BCUT2D eigenvalue weighted by Gasteiger charge is 2.27. The summed E-state index contributed by atoms with van der Waals surface area (Å²) in [5, 5.41) is 0. The van der Waals surface area contributed by atoms with Crippen LogP contribution in [0.2, 0.25) is 0 Å². The van der Waals surface area contributed by atoms with E-state index in [2.05, 4.69) is 20.8 Å². The van der Waals surface area contributed by atoms with Crippen molar-refractivity contribution in [1.29, 1.82) is 0 Å². The lowest BCUT2D eigenvalue weighted by atomic mass is 9.73. The fourth-order valence-electron chi connectivity index (χ4n) is 3.75. The molecule has 18 heavy (non-hydrogen) atoms. The molecule has 0 radical (unpaired) electrons. The minimum absolute atomic E-state index is 0.473. The van der Waals surface area contributed by atoms with Crippen molar-refractivity contribution < 1.29 is 0 Å². The van der Waals surface area contributed by atoms with Crippen LogP contribution >= 0.6 is 0 Å². The van der Waals surface area contributed by atoms with Crippen molar-refractivity contribution in [2.45, 2.75) is 91.0 Å². The van der Waals surface area contributed by atoms with Gasteiger partial charge in [-0.1, -0.05) is 59.3 Å². The average molecular weight is 253 g/mol. The molecule has 0 aromatic rings. The van der Waals surface area contributed by atoms with Crippen molar-refractivity contribution in [3.05, 3.63) is 0 Å². The van der Waals surface area contributed by atoms with E-state index in [0.717, 1.165) is 17.8 Å². The Balaban J connectivity index is 2.10. The first-order valence-corrected chi connectivity index (χ1v) is 8.39. The van der Waals surface area contributed by atoms with E-state index in [0.29, 0.717) is 6.04 Å². The molecule has 2 N–H and O–H groups in total. The first-order valence-electron chi connectivity index (χ1n) is 8.39. The van der Waals surface area contributed by atoms with Crippen LogP contribution in [0.25, 0.3) is 0 Å². The molecule has 1 heteroatoms. The number of hydrogen-bond acceptors (Lipinski definition) is 1. The Morgan fingerprint density at radius 3 is 2.06 bits per heavy atom. The molecule has 1 nitrogen and oxygen atoms in total. The molecule has 0 heterocycles. The van der Waals surface area contributed by atoms with Crippen LogP contribution in [0.4, 0.5) is 0 Å². The zero-order chi connectivity index (χ0) is 13.4. The summed E-state index contributed by atoms with van der Waals surface area (Å²) in [6, 6.07) is 0.473. The fraction of sp³-hybridized carbons (Fsp3) is 1.00. The second-order valence-electron chi connectivity index (χ2n) is 6.90. The van der Waals surface area contributed by atoms with Gasteiger partial charge in [0.1, 0.15) is 0 Å². The monoisotopic (exact) mass is 253 g/mol. The average Bonchev–Trinajstić information content (AvgIpc) is 2.32. The third-order valence-electron chi connectivity index (χ3n) is 4.71. The Hall–Kier alpha value is -0.0400. The molecule has 0 aromatic heterocycles. The maximum atomic E-state index is 6.41. The van der Waals surface area contributed by atoms with Gasteiger partial charge in [-0.05, 0) is 43.4 Å². The van der Waals surface area contributed by atoms with Crippen LogP contribution in [-0.4, -0.2) is 6.04 Å². The lowest BCUT2D eigenvalue weighted by molar-refractivity contribution is 0.187. The van der Waals surface area contributed by atoms with Gasteiger partial charge in [0.05, 0.1) is 0 Å². The van der Waals surface area contributed by atoms with Crippen LogP contribution in [0.1, 0.15) is 85.0 Å². The zero-order valence-corrected chi connectivity index (χ0v) is 13.0. The fourth-order valence-corrected chi connectivity index (χ4v) is 3.75. The van der Waals surface area contributed by atoms with Gasteiger partial charge in [0, 0.05) is 6.04 Å². The van der Waals surface area contributed by atoms with Gasteiger partial charge in [-0.15, -0.1) is 0 Å². The van der Waals surface area contributed by atoms with Crippen molar-refractivity contribution in [1.82, 2.24) is 0 Å². The molecule has 3 unspecified atom stereocenters. The van der Waals surface area contributed by atoms with E-state index < -0.39 is 0 Å². The van der Waals surface area contributed by atoms with E-state index in [1.54, 1.807) is 0 Å². The molecule has 0 bridgehead atoms. The van der Waals surface area contributed by atoms with Gasteiger partial charge >= 0.3 is 0 Å². The zero-order valence-electron chi connectivity index (χ0n) is 13.0. The summed E-state index contributed by atoms with van der Waals surface area (Å²) < 4.78 is 0. The van der Waals surface area contributed by atoms with Gasteiger partial charge in [0.15, 0.2) is 0 Å². The lowest BCUT2D eigenvalue weighted by Gasteiger charge is -2.35. The quantitative estimate of drug-likeness (QED) is 0.596. The highest BCUT2D eigenvalue weighted by atomic mass is 14.7. The predicted octanol–water partition coefficient (Wildman–Crippen LogP) is 5.14. The van der Waals surface area contributed by atoms with E-state index >= 15 is 0 Å². The second kappa shape index (κ2) is 8.96. The maximum absolute atomic E-state index is 6.41. The maximum Gasteiger partial charge on any atom is 0.00673 e. The molecular weight excluding hydrogens is 218 g/mol. The Morgan fingerprint density at radius 1 is 0.889 bits per heavy atom. The summed E-state index contributed by atoms with van der Waals surface area (Å²) in [5.74, 6) is 2.60. The largest absolute Gasteiger partial charge is 0.327 e. The topological polar surface area (TPSA) is 26.0 Å². The SMILES string of the molecule is CCCCCCCCC(N)C1CC(C)CC(C)C1. The van der Waals surface area contributed by atoms with Crippen LogP contribution in [0.5, 0.6) is 0 Å². The van der Waals surface area contributed by atoms with Crippen LogP contribution in [0.15, 0.2) is 0 Å². The van der Waals surface area contributed by atoms with Gasteiger partial charge in [-0.2, -0.15) is 0 Å². The first-order chi connectivity index (χ1) is 8.63. The van der Waals surface area contributed by atoms with Gasteiger partial charge in [-0.3, -0.25) is 0 Å². The molecule has 0 aromatic carbocycles. The van der Waals surface area contributed by atoms with Crippen LogP contribution in [0, 0.1) is 17.8 Å². The minimum Gasteiger partial charge on any atom is -0.327 e. The molecule has 108 valence electrons. The molecule has 1 saturated carbocycles. The van der Waals surface area contributed by atoms with Gasteiger partial charge < -0.3 is 5.73 Å². The summed E-state index contributed by atoms with van der Waals surface area (Å²) in [5.41, 5.74) is 6.41. The van der Waals surface area contributed by atoms with Crippen LogP contribution < -0.4 is 5.73 Å². The van der Waals surface area contributed by atoms with Crippen molar-refractivity contribution >= 4 is 0 Å². The summed E-state index contributed by atoms with van der Waals surface area (Å²) >= 11 is 0. The normalized spacial score (nSPS) is 30.3. The van der Waals surface area contributed by atoms with Crippen molar-refractivity contribution in [2.75, 3.05) is 0 Å². The third-order valence-corrected chi connectivity index (χ3v) is 4.71. The number of rotatable bonds is 8. The Labute approximate surface area is 115 Å². The van der Waals surface area contributed by atoms with Crippen LogP contribution in [-0.2, 0) is 0 Å². The summed E-state index contributed by atoms with van der Waals surface area (Å²) in [4.78, 5) is 0. The summed E-state index contributed by atoms with van der Waals surface area (Å²) in [6.07, 6.45) is 13.8. The van der Waals surface area contributed by atoms with Crippen molar-refractivity contribution in [3.63, 3.8) is 0 Å². The molecule has 0 spiro atoms. The molecule has 0 aliphatic heterocycles. The third kappa shape index (κ3) is 6.22. The Morgan fingerprint density at radius 2 is 1.44 bits per heavy atom. The molecule has 0 saturated heterocycles. The van der Waals surface area contributed by atoms with Gasteiger partial charge in [-0.25, -0.2) is 0 Å². The van der Waals surface area contributed by atoms with Gasteiger partial charge in [0.25, 0.3) is 0 Å². The highest BCUT2D eigenvalue weighted by Crippen LogP contribution is 2.35. The lowest BCUT2D eigenvalue weighted by Crippen LogP contribution is -2.35. The second-order valence-corrected chi connectivity index (χ2v) is 6.90. The first kappa shape index (κ1) is 16.0. The molecule has 1 aliphatic rings. The number of unbranched alkanes of at least 4 members (excludes halogenated alkanes) is 5. The summed E-state index contributed by atoms with van der Waals surface area (Å²) in [7, 11) is 0. The van der Waals surface area contributed by atoms with Crippen molar-refractivity contribution in [2.24, 2.45) is 23.5 Å². The molecule has 3 atom stereocenters. The Bertz CT molecular complexity index is 192. The molecular formula is C17H35N. The molecule has 1 rings (SSSR count). The van der Waals surface area contributed by atoms with E-state index in [4.69, 9.17) is 5.73 Å². The summed E-state index contributed by atoms with van der Waals surface area (Å²) in [6.45, 7) is 7.08. The van der Waals surface area contributed by atoms with Crippen molar-refractivity contribution in [3.8, 4) is 0 Å². The van der Waals surface area contributed by atoms with E-state index in [-0.39, 0.29) is 0 Å². The van der Waals surface area contributed by atoms with E-state index in [1.807, 2.05) is 0 Å². The van der Waals surface area contributed by atoms with Gasteiger partial charge in [0.2, 0.25) is 0 Å². The van der Waals surface area contributed by atoms with E-state index in [9.17, 15) is 0 Å². The Kier molecular flexibility index (Phi) is 7.97. The van der Waals surface area contributed by atoms with E-state index in [1.165, 1.54) is 64.2 Å². The molecule has 0 amide bonds. The molecule has 1 fully saturated rings. The number of nitrogens with two attached hydrogens (primary N) is 1. The minimum atomic E-state index is 0.473. The standard InChI is InChI=1S/C17H35N/c1-4-5-6-7-8-9-10-17(18)16-12-14(2)11-15(3)13-16/h14-17H,4-13,18H2,1-3H3. The smallest absolute Gasteiger partial charge is 0.00673 e.